The lowest BCUT2D eigenvalue weighted by Crippen LogP contribution is -2.12. The fourth-order valence-corrected chi connectivity index (χ4v) is 3.99. The molecule has 5 nitrogen and oxygen atoms in total. The van der Waals surface area contributed by atoms with E-state index in [0.717, 1.165) is 26.7 Å². The van der Waals surface area contributed by atoms with E-state index < -0.39 is 0 Å². The number of amides is 1. The van der Waals surface area contributed by atoms with Crippen molar-refractivity contribution in [1.82, 2.24) is 4.98 Å². The molecule has 0 aliphatic heterocycles. The number of aryl methyl sites for hydroxylation is 1. The van der Waals surface area contributed by atoms with Crippen LogP contribution in [0, 0.1) is 6.92 Å². The number of thiophene rings is 1. The van der Waals surface area contributed by atoms with Gasteiger partial charge in [-0.1, -0.05) is 18.2 Å². The van der Waals surface area contributed by atoms with E-state index in [-0.39, 0.29) is 11.7 Å². The van der Waals surface area contributed by atoms with Crippen molar-refractivity contribution in [3.05, 3.63) is 64.5 Å². The number of anilines is 2. The van der Waals surface area contributed by atoms with Gasteiger partial charge in [0.15, 0.2) is 5.78 Å². The maximum Gasteiger partial charge on any atom is 0.267 e. The number of ketones is 1. The first kappa shape index (κ1) is 17.2. The molecule has 1 amide bonds. The Kier molecular flexibility index (Phi) is 4.12. The molecular weight excluding hydrogens is 358 g/mol. The smallest absolute Gasteiger partial charge is 0.267 e. The number of fused-ring (bicyclic) bond motifs is 2. The van der Waals surface area contributed by atoms with Crippen molar-refractivity contribution in [2.75, 3.05) is 11.1 Å². The zero-order valence-electron chi connectivity index (χ0n) is 14.9. The Labute approximate surface area is 159 Å². The average molecular weight is 375 g/mol. The maximum absolute atomic E-state index is 12.7. The number of pyridine rings is 1. The Morgan fingerprint density at radius 2 is 1.85 bits per heavy atom. The molecule has 2 heterocycles. The third-order valence-electron chi connectivity index (χ3n) is 4.50. The largest absolute Gasteiger partial charge is 0.397 e. The molecule has 0 fully saturated rings. The second-order valence-electron chi connectivity index (χ2n) is 6.42. The van der Waals surface area contributed by atoms with E-state index in [1.807, 2.05) is 31.2 Å². The molecule has 27 heavy (non-hydrogen) atoms. The van der Waals surface area contributed by atoms with E-state index in [1.54, 1.807) is 24.3 Å². The summed E-state index contributed by atoms with van der Waals surface area (Å²) < 4.78 is 0. The summed E-state index contributed by atoms with van der Waals surface area (Å²) in [6.07, 6.45) is 0. The molecular formula is C21H17N3O2S. The molecule has 2 aromatic heterocycles. The van der Waals surface area contributed by atoms with Gasteiger partial charge in [0, 0.05) is 22.0 Å². The second-order valence-corrected chi connectivity index (χ2v) is 7.42. The molecule has 4 rings (SSSR count). The standard InChI is InChI=1S/C21H17N3O2S/c1-11-4-3-5-14-10-16-17(22)19(27-21(16)24-18(11)14)20(26)23-15-8-6-13(7-9-15)12(2)25/h3-10H,22H2,1-2H3,(H,23,26). The van der Waals surface area contributed by atoms with E-state index in [0.29, 0.717) is 21.8 Å². The number of rotatable bonds is 3. The number of nitrogens with one attached hydrogen (secondary N) is 1. The monoisotopic (exact) mass is 375 g/mol. The minimum atomic E-state index is -0.285. The molecule has 0 spiro atoms. The summed E-state index contributed by atoms with van der Waals surface area (Å²) in [7, 11) is 0. The summed E-state index contributed by atoms with van der Waals surface area (Å²) in [5, 5.41) is 4.62. The number of aromatic nitrogens is 1. The zero-order chi connectivity index (χ0) is 19.1. The predicted molar refractivity (Wildman–Crippen MR) is 111 cm³/mol. The number of hydrogen-bond acceptors (Lipinski definition) is 5. The van der Waals surface area contributed by atoms with Gasteiger partial charge >= 0.3 is 0 Å². The third-order valence-corrected chi connectivity index (χ3v) is 5.62. The Bertz CT molecular complexity index is 1210. The molecule has 0 atom stereocenters. The van der Waals surface area contributed by atoms with E-state index in [4.69, 9.17) is 10.7 Å². The van der Waals surface area contributed by atoms with Gasteiger partial charge in [0.2, 0.25) is 0 Å². The molecule has 2 aromatic carbocycles. The van der Waals surface area contributed by atoms with Gasteiger partial charge in [-0.3, -0.25) is 9.59 Å². The lowest BCUT2D eigenvalue weighted by molar-refractivity contribution is 0.101. The van der Waals surface area contributed by atoms with Crippen LogP contribution in [0.1, 0.15) is 32.5 Å². The fourth-order valence-electron chi connectivity index (χ4n) is 3.02. The lowest BCUT2D eigenvalue weighted by Gasteiger charge is -2.05. The summed E-state index contributed by atoms with van der Waals surface area (Å²) in [4.78, 5) is 29.9. The number of carbonyl (C=O) groups is 2. The number of nitrogens with zero attached hydrogens (tertiary/aromatic N) is 1. The average Bonchev–Trinajstić information content (AvgIpc) is 2.97. The Morgan fingerprint density at radius 1 is 1.11 bits per heavy atom. The molecule has 3 N–H and O–H groups in total. The van der Waals surface area contributed by atoms with Crippen molar-refractivity contribution in [3.63, 3.8) is 0 Å². The van der Waals surface area contributed by atoms with E-state index in [9.17, 15) is 9.59 Å². The molecule has 0 radical (unpaired) electrons. The minimum Gasteiger partial charge on any atom is -0.397 e. The summed E-state index contributed by atoms with van der Waals surface area (Å²) in [5.74, 6) is -0.304. The molecule has 0 unspecified atom stereocenters. The van der Waals surface area contributed by atoms with Crippen molar-refractivity contribution in [1.29, 1.82) is 0 Å². The molecule has 0 bridgehead atoms. The Hall–Kier alpha value is -3.25. The highest BCUT2D eigenvalue weighted by atomic mass is 32.1. The van der Waals surface area contributed by atoms with Gasteiger partial charge in [0.25, 0.3) is 5.91 Å². The van der Waals surface area contributed by atoms with Gasteiger partial charge in [-0.15, -0.1) is 11.3 Å². The van der Waals surface area contributed by atoms with Crippen LogP contribution in [0.3, 0.4) is 0 Å². The number of benzene rings is 2. The van der Waals surface area contributed by atoms with E-state index in [1.165, 1.54) is 18.3 Å². The zero-order valence-corrected chi connectivity index (χ0v) is 15.7. The summed E-state index contributed by atoms with van der Waals surface area (Å²) >= 11 is 1.28. The van der Waals surface area contributed by atoms with Gasteiger partial charge in [0.05, 0.1) is 11.2 Å². The summed E-state index contributed by atoms with van der Waals surface area (Å²) in [6, 6.07) is 14.7. The first-order valence-corrected chi connectivity index (χ1v) is 9.26. The first-order chi connectivity index (χ1) is 12.9. The predicted octanol–water partition coefficient (Wildman–Crippen LogP) is 4.80. The number of nitrogens with two attached hydrogens (primary N) is 1. The molecule has 0 saturated carbocycles. The number of para-hydroxylation sites is 1. The van der Waals surface area contributed by atoms with Crippen molar-refractivity contribution in [3.8, 4) is 0 Å². The van der Waals surface area contributed by atoms with Crippen molar-refractivity contribution >= 4 is 55.5 Å². The third kappa shape index (κ3) is 3.04. The maximum atomic E-state index is 12.7. The van der Waals surface area contributed by atoms with Crippen LogP contribution >= 0.6 is 11.3 Å². The number of carbonyl (C=O) groups excluding carboxylic acids is 2. The first-order valence-electron chi connectivity index (χ1n) is 8.45. The van der Waals surface area contributed by atoms with Crippen LogP contribution in [-0.4, -0.2) is 16.7 Å². The number of nitrogen functional groups attached to an aromatic ring is 1. The molecule has 0 saturated heterocycles. The molecule has 6 heteroatoms. The van der Waals surface area contributed by atoms with Crippen molar-refractivity contribution in [2.45, 2.75) is 13.8 Å². The minimum absolute atomic E-state index is 0.0185. The van der Waals surface area contributed by atoms with Crippen LogP contribution in [0.2, 0.25) is 0 Å². The SMILES string of the molecule is CC(=O)c1ccc(NC(=O)c2sc3nc4c(C)cccc4cc3c2N)cc1. The van der Waals surface area contributed by atoms with E-state index >= 15 is 0 Å². The van der Waals surface area contributed by atoms with E-state index in [2.05, 4.69) is 5.32 Å². The molecule has 0 aliphatic rings. The Balaban J connectivity index is 1.71. The topological polar surface area (TPSA) is 85.1 Å². The van der Waals surface area contributed by atoms with Crippen LogP contribution in [0.25, 0.3) is 21.1 Å². The van der Waals surface area contributed by atoms with Gasteiger partial charge in [0.1, 0.15) is 9.71 Å². The van der Waals surface area contributed by atoms with Crippen LogP contribution in [-0.2, 0) is 0 Å². The van der Waals surface area contributed by atoms with Crippen molar-refractivity contribution in [2.24, 2.45) is 0 Å². The highest BCUT2D eigenvalue weighted by Crippen LogP contribution is 2.35. The fraction of sp³-hybridized carbons (Fsp3) is 0.0952. The van der Waals surface area contributed by atoms with Gasteiger partial charge in [-0.2, -0.15) is 0 Å². The van der Waals surface area contributed by atoms with Crippen LogP contribution in [0.4, 0.5) is 11.4 Å². The van der Waals surface area contributed by atoms with Gasteiger partial charge in [-0.05, 0) is 49.7 Å². The van der Waals surface area contributed by atoms with Gasteiger partial charge in [-0.25, -0.2) is 4.98 Å². The van der Waals surface area contributed by atoms with Crippen molar-refractivity contribution < 1.29 is 9.59 Å². The molecule has 0 aliphatic carbocycles. The summed E-state index contributed by atoms with van der Waals surface area (Å²) in [5.41, 5.74) is 9.89. The number of hydrogen-bond donors (Lipinski definition) is 2. The Morgan fingerprint density at radius 3 is 2.56 bits per heavy atom. The van der Waals surface area contributed by atoms with Gasteiger partial charge < -0.3 is 11.1 Å². The quantitative estimate of drug-likeness (QED) is 0.504. The molecule has 4 aromatic rings. The highest BCUT2D eigenvalue weighted by Gasteiger charge is 2.18. The van der Waals surface area contributed by atoms with Crippen LogP contribution < -0.4 is 11.1 Å². The number of Topliss-reactive ketones (excluding diaryl/α,β-unsaturated/α-hetero) is 1. The lowest BCUT2D eigenvalue weighted by atomic mass is 10.1. The van der Waals surface area contributed by atoms with Crippen LogP contribution in [0.15, 0.2) is 48.5 Å². The summed E-state index contributed by atoms with van der Waals surface area (Å²) in [6.45, 7) is 3.51. The normalized spacial score (nSPS) is 11.0. The molecule has 134 valence electrons. The highest BCUT2D eigenvalue weighted by molar-refractivity contribution is 7.21. The second kappa shape index (κ2) is 6.48. The van der Waals surface area contributed by atoms with Crippen LogP contribution in [0.5, 0.6) is 0 Å².